The van der Waals surface area contributed by atoms with Crippen LogP contribution in [0.1, 0.15) is 47.3 Å². The van der Waals surface area contributed by atoms with E-state index < -0.39 is 0 Å². The number of hydrogen-bond acceptors (Lipinski definition) is 5. The van der Waals surface area contributed by atoms with Crippen molar-refractivity contribution in [1.29, 1.82) is 5.26 Å². The largest absolute Gasteiger partial charge is 0.490 e. The first kappa shape index (κ1) is 19.4. The topological polar surface area (TPSA) is 87.9 Å². The lowest BCUT2D eigenvalue weighted by Crippen LogP contribution is -2.40. The molecule has 1 aromatic heterocycles. The third kappa shape index (κ3) is 4.68. The molecule has 0 aliphatic heterocycles. The molecule has 1 amide bonds. The van der Waals surface area contributed by atoms with Crippen LogP contribution >= 0.6 is 23.2 Å². The van der Waals surface area contributed by atoms with Crippen molar-refractivity contribution in [1.82, 2.24) is 15.5 Å². The standard InChI is InChI=1S/C19H18Cl2N4O2/c1-11-16(8-2-12(10-22)18(11)21)27-14-5-3-13(4-6-14)23-19(26)15-7-9-17(20)25-24-15/h2,7-9,13-14H,3-6H2,1H3,(H,23,26)/t13-,14-. The van der Waals surface area contributed by atoms with Crippen LogP contribution in [0.2, 0.25) is 10.2 Å². The van der Waals surface area contributed by atoms with E-state index in [9.17, 15) is 4.79 Å². The molecule has 1 aliphatic carbocycles. The molecule has 1 N–H and O–H groups in total. The van der Waals surface area contributed by atoms with Gasteiger partial charge in [-0.25, -0.2) is 0 Å². The van der Waals surface area contributed by atoms with Crippen LogP contribution in [0.25, 0.3) is 0 Å². The summed E-state index contributed by atoms with van der Waals surface area (Å²) in [6.45, 7) is 1.84. The molecule has 1 aliphatic rings. The minimum absolute atomic E-state index is 0.0520. The van der Waals surface area contributed by atoms with E-state index in [2.05, 4.69) is 21.6 Å². The lowest BCUT2D eigenvalue weighted by atomic mass is 9.92. The van der Waals surface area contributed by atoms with Crippen LogP contribution in [0.15, 0.2) is 24.3 Å². The maximum Gasteiger partial charge on any atom is 0.272 e. The van der Waals surface area contributed by atoms with Gasteiger partial charge in [0.2, 0.25) is 0 Å². The number of aromatic nitrogens is 2. The fraction of sp³-hybridized carbons (Fsp3) is 0.368. The van der Waals surface area contributed by atoms with Gasteiger partial charge in [0.25, 0.3) is 5.91 Å². The molecule has 0 atom stereocenters. The van der Waals surface area contributed by atoms with E-state index in [0.717, 1.165) is 31.2 Å². The van der Waals surface area contributed by atoms with E-state index in [1.807, 2.05) is 6.92 Å². The molecule has 2 aromatic rings. The summed E-state index contributed by atoms with van der Waals surface area (Å²) < 4.78 is 6.07. The van der Waals surface area contributed by atoms with Gasteiger partial charge in [-0.1, -0.05) is 23.2 Å². The number of carbonyl (C=O) groups excluding carboxylic acids is 1. The van der Waals surface area contributed by atoms with Crippen molar-refractivity contribution in [2.24, 2.45) is 0 Å². The van der Waals surface area contributed by atoms with Gasteiger partial charge in [-0.15, -0.1) is 10.2 Å². The van der Waals surface area contributed by atoms with Crippen LogP contribution in [0.5, 0.6) is 5.75 Å². The average Bonchev–Trinajstić information content (AvgIpc) is 2.67. The van der Waals surface area contributed by atoms with Gasteiger partial charge >= 0.3 is 0 Å². The number of amides is 1. The van der Waals surface area contributed by atoms with E-state index in [4.69, 9.17) is 33.2 Å². The predicted octanol–water partition coefficient (Wildman–Crippen LogP) is 4.08. The smallest absolute Gasteiger partial charge is 0.272 e. The predicted molar refractivity (Wildman–Crippen MR) is 102 cm³/mol. The second-order valence-corrected chi connectivity index (χ2v) is 7.23. The van der Waals surface area contributed by atoms with Crippen molar-refractivity contribution in [3.8, 4) is 11.8 Å². The molecule has 27 heavy (non-hydrogen) atoms. The quantitative estimate of drug-likeness (QED) is 0.828. The van der Waals surface area contributed by atoms with Gasteiger partial charge in [-0.3, -0.25) is 4.79 Å². The molecular formula is C19H18Cl2N4O2. The zero-order valence-electron chi connectivity index (χ0n) is 14.7. The summed E-state index contributed by atoms with van der Waals surface area (Å²) in [5.41, 5.74) is 1.46. The molecule has 140 valence electrons. The Morgan fingerprint density at radius 2 is 1.93 bits per heavy atom. The number of hydrogen-bond donors (Lipinski definition) is 1. The Morgan fingerprint density at radius 1 is 1.19 bits per heavy atom. The molecule has 0 radical (unpaired) electrons. The number of rotatable bonds is 4. The molecule has 6 nitrogen and oxygen atoms in total. The molecule has 3 rings (SSSR count). The Labute approximate surface area is 167 Å². The number of benzene rings is 1. The highest BCUT2D eigenvalue weighted by molar-refractivity contribution is 6.32. The number of nitrogens with one attached hydrogen (secondary N) is 1. The van der Waals surface area contributed by atoms with Crippen molar-refractivity contribution in [3.05, 3.63) is 51.3 Å². The minimum atomic E-state index is -0.252. The maximum absolute atomic E-state index is 12.2. The van der Waals surface area contributed by atoms with E-state index in [1.54, 1.807) is 24.3 Å². The first-order valence-corrected chi connectivity index (χ1v) is 9.39. The number of halogens is 2. The zero-order valence-corrected chi connectivity index (χ0v) is 16.2. The molecule has 8 heteroatoms. The van der Waals surface area contributed by atoms with E-state index >= 15 is 0 Å². The van der Waals surface area contributed by atoms with Gasteiger partial charge < -0.3 is 10.1 Å². The van der Waals surface area contributed by atoms with Crippen LogP contribution in [0, 0.1) is 18.3 Å². The Kier molecular flexibility index (Phi) is 6.15. The van der Waals surface area contributed by atoms with Gasteiger partial charge in [-0.2, -0.15) is 5.26 Å². The summed E-state index contributed by atoms with van der Waals surface area (Å²) in [7, 11) is 0. The monoisotopic (exact) mass is 404 g/mol. The summed E-state index contributed by atoms with van der Waals surface area (Å²) >= 11 is 11.9. The summed E-state index contributed by atoms with van der Waals surface area (Å²) in [5, 5.41) is 20.2. The maximum atomic E-state index is 12.2. The fourth-order valence-corrected chi connectivity index (χ4v) is 3.38. The van der Waals surface area contributed by atoms with E-state index in [0.29, 0.717) is 16.3 Å². The third-order valence-corrected chi connectivity index (χ3v) is 5.31. The highest BCUT2D eigenvalue weighted by Gasteiger charge is 2.25. The normalized spacial score (nSPS) is 19.2. The van der Waals surface area contributed by atoms with E-state index in [-0.39, 0.29) is 28.9 Å². The minimum Gasteiger partial charge on any atom is -0.490 e. The summed E-state index contributed by atoms with van der Waals surface area (Å²) in [5.74, 6) is 0.446. The molecule has 1 fully saturated rings. The molecule has 1 aromatic carbocycles. The highest BCUT2D eigenvalue weighted by Crippen LogP contribution is 2.31. The second kappa shape index (κ2) is 8.55. The zero-order chi connectivity index (χ0) is 19.4. The number of nitrogens with zero attached hydrogens (tertiary/aromatic N) is 3. The first-order chi connectivity index (χ1) is 13.0. The van der Waals surface area contributed by atoms with Gasteiger partial charge in [0, 0.05) is 11.6 Å². The van der Waals surface area contributed by atoms with Gasteiger partial charge in [0.05, 0.1) is 16.7 Å². The van der Waals surface area contributed by atoms with Crippen LogP contribution in [0.4, 0.5) is 0 Å². The third-order valence-electron chi connectivity index (χ3n) is 4.62. The molecule has 1 saturated carbocycles. The first-order valence-electron chi connectivity index (χ1n) is 8.64. The number of ether oxygens (including phenoxy) is 1. The Bertz CT molecular complexity index is 873. The highest BCUT2D eigenvalue weighted by atomic mass is 35.5. The Hall–Kier alpha value is -2.36. The second-order valence-electron chi connectivity index (χ2n) is 6.47. The lowest BCUT2D eigenvalue weighted by Gasteiger charge is -2.30. The van der Waals surface area contributed by atoms with Crippen molar-refractivity contribution < 1.29 is 9.53 Å². The van der Waals surface area contributed by atoms with Crippen molar-refractivity contribution >= 4 is 29.1 Å². The molecule has 0 saturated heterocycles. The summed E-state index contributed by atoms with van der Waals surface area (Å²) in [6.07, 6.45) is 3.29. The number of carbonyl (C=O) groups is 1. The Morgan fingerprint density at radius 3 is 2.56 bits per heavy atom. The molecule has 0 bridgehead atoms. The molecule has 1 heterocycles. The summed E-state index contributed by atoms with van der Waals surface area (Å²) in [6, 6.07) is 8.68. The van der Waals surface area contributed by atoms with E-state index in [1.165, 1.54) is 0 Å². The van der Waals surface area contributed by atoms with Crippen LogP contribution in [0.3, 0.4) is 0 Å². The average molecular weight is 405 g/mol. The van der Waals surface area contributed by atoms with Gasteiger partial charge in [0.1, 0.15) is 11.8 Å². The SMILES string of the molecule is Cc1c(O[C@H]2CC[C@H](NC(=O)c3ccc(Cl)nn3)CC2)ccc(C#N)c1Cl. The fourth-order valence-electron chi connectivity index (χ4n) is 3.08. The number of nitriles is 1. The molecule has 0 unspecified atom stereocenters. The summed E-state index contributed by atoms with van der Waals surface area (Å²) in [4.78, 5) is 12.2. The van der Waals surface area contributed by atoms with Crippen LogP contribution < -0.4 is 10.1 Å². The van der Waals surface area contributed by atoms with Crippen LogP contribution in [-0.4, -0.2) is 28.3 Å². The molecule has 0 spiro atoms. The van der Waals surface area contributed by atoms with Crippen molar-refractivity contribution in [2.45, 2.75) is 44.8 Å². The van der Waals surface area contributed by atoms with Crippen LogP contribution in [-0.2, 0) is 0 Å². The van der Waals surface area contributed by atoms with Crippen molar-refractivity contribution in [3.63, 3.8) is 0 Å². The lowest BCUT2D eigenvalue weighted by molar-refractivity contribution is 0.0887. The van der Waals surface area contributed by atoms with Crippen molar-refractivity contribution in [2.75, 3.05) is 0 Å². The van der Waals surface area contributed by atoms with Gasteiger partial charge in [-0.05, 0) is 56.9 Å². The Balaban J connectivity index is 1.53. The van der Waals surface area contributed by atoms with Gasteiger partial charge in [0.15, 0.2) is 10.8 Å². The molecular weight excluding hydrogens is 387 g/mol.